The number of sulfonamides is 1. The van der Waals surface area contributed by atoms with Crippen LogP contribution in [0.4, 0.5) is 5.69 Å². The molecule has 1 aromatic heterocycles. The van der Waals surface area contributed by atoms with Gasteiger partial charge in [-0.2, -0.15) is 0 Å². The van der Waals surface area contributed by atoms with Crippen LogP contribution in [0.25, 0.3) is 6.08 Å². The van der Waals surface area contributed by atoms with Crippen molar-refractivity contribution in [2.75, 3.05) is 30.6 Å². The molecular formula is C21H25N3O2S. The molecule has 5 nitrogen and oxygen atoms in total. The molecule has 1 saturated heterocycles. The van der Waals surface area contributed by atoms with Crippen LogP contribution in [0.3, 0.4) is 0 Å². The van der Waals surface area contributed by atoms with Crippen LogP contribution in [-0.4, -0.2) is 44.2 Å². The molecule has 1 aromatic carbocycles. The summed E-state index contributed by atoms with van der Waals surface area (Å²) in [6, 6.07) is 13.8. The summed E-state index contributed by atoms with van der Waals surface area (Å²) in [6.45, 7) is 5.41. The topological polar surface area (TPSA) is 62.3 Å². The number of aromatic nitrogens is 1. The first-order valence-corrected chi connectivity index (χ1v) is 11.1. The molecule has 142 valence electrons. The largest absolute Gasteiger partial charge is 0.299 e. The Morgan fingerprint density at radius 1 is 1.22 bits per heavy atom. The summed E-state index contributed by atoms with van der Waals surface area (Å²) in [6.07, 6.45) is 7.25. The highest BCUT2D eigenvalue weighted by atomic mass is 32.2. The van der Waals surface area contributed by atoms with E-state index in [0.29, 0.717) is 17.5 Å². The Morgan fingerprint density at radius 2 is 2.00 bits per heavy atom. The SMILES string of the molecule is CC1(c2cccc(NS(C)(=O)=O)c2)C2CN(CC=Cc3ccccn3)CC21. The second kappa shape index (κ2) is 6.77. The highest BCUT2D eigenvalue weighted by Gasteiger charge is 2.65. The fraction of sp³-hybridized carbons (Fsp3) is 0.381. The maximum Gasteiger partial charge on any atom is 0.229 e. The monoisotopic (exact) mass is 383 g/mol. The second-order valence-electron chi connectivity index (χ2n) is 7.83. The highest BCUT2D eigenvalue weighted by Crippen LogP contribution is 2.63. The van der Waals surface area contributed by atoms with Gasteiger partial charge in [-0.05, 0) is 47.7 Å². The van der Waals surface area contributed by atoms with Gasteiger partial charge in [0.2, 0.25) is 10.0 Å². The van der Waals surface area contributed by atoms with E-state index in [4.69, 9.17) is 0 Å². The van der Waals surface area contributed by atoms with Gasteiger partial charge in [0.25, 0.3) is 0 Å². The number of hydrogen-bond donors (Lipinski definition) is 1. The maximum atomic E-state index is 11.5. The molecule has 2 aromatic rings. The van der Waals surface area contributed by atoms with Gasteiger partial charge in [-0.3, -0.25) is 14.6 Å². The average molecular weight is 384 g/mol. The fourth-order valence-corrected chi connectivity index (χ4v) is 5.02. The molecular weight excluding hydrogens is 358 g/mol. The van der Waals surface area contributed by atoms with E-state index in [9.17, 15) is 8.42 Å². The summed E-state index contributed by atoms with van der Waals surface area (Å²) < 4.78 is 25.6. The second-order valence-corrected chi connectivity index (χ2v) is 9.57. The van der Waals surface area contributed by atoms with E-state index >= 15 is 0 Å². The molecule has 1 N–H and O–H groups in total. The third-order valence-electron chi connectivity index (χ3n) is 5.95. The lowest BCUT2D eigenvalue weighted by atomic mass is 9.92. The van der Waals surface area contributed by atoms with Crippen LogP contribution < -0.4 is 4.72 Å². The molecule has 0 bridgehead atoms. The quantitative estimate of drug-likeness (QED) is 0.833. The average Bonchev–Trinajstić information content (AvgIpc) is 2.98. The van der Waals surface area contributed by atoms with Crippen molar-refractivity contribution < 1.29 is 8.42 Å². The zero-order valence-electron chi connectivity index (χ0n) is 15.7. The zero-order valence-corrected chi connectivity index (χ0v) is 16.5. The van der Waals surface area contributed by atoms with Gasteiger partial charge in [0.15, 0.2) is 0 Å². The smallest absolute Gasteiger partial charge is 0.229 e. The lowest BCUT2D eigenvalue weighted by molar-refractivity contribution is 0.305. The van der Waals surface area contributed by atoms with Gasteiger partial charge in [-0.1, -0.05) is 31.2 Å². The molecule has 0 radical (unpaired) electrons. The molecule has 1 saturated carbocycles. The number of hydrogen-bond acceptors (Lipinski definition) is 4. The van der Waals surface area contributed by atoms with Gasteiger partial charge >= 0.3 is 0 Å². The van der Waals surface area contributed by atoms with E-state index in [1.807, 2.05) is 36.5 Å². The summed E-state index contributed by atoms with van der Waals surface area (Å²) >= 11 is 0. The van der Waals surface area contributed by atoms with Crippen molar-refractivity contribution in [1.82, 2.24) is 9.88 Å². The van der Waals surface area contributed by atoms with Gasteiger partial charge in [0.05, 0.1) is 11.9 Å². The Kier molecular flexibility index (Phi) is 4.56. The van der Waals surface area contributed by atoms with Crippen LogP contribution in [0.2, 0.25) is 0 Å². The lowest BCUT2D eigenvalue weighted by Crippen LogP contribution is -2.29. The number of rotatable bonds is 6. The normalized spacial score (nSPS) is 27.6. The van der Waals surface area contributed by atoms with Gasteiger partial charge in [-0.15, -0.1) is 0 Å². The van der Waals surface area contributed by atoms with Gasteiger partial charge in [0.1, 0.15) is 0 Å². The van der Waals surface area contributed by atoms with Crippen molar-refractivity contribution in [2.45, 2.75) is 12.3 Å². The number of piperidine rings is 1. The predicted molar refractivity (Wildman–Crippen MR) is 109 cm³/mol. The van der Waals surface area contributed by atoms with Crippen molar-refractivity contribution in [3.8, 4) is 0 Å². The minimum Gasteiger partial charge on any atom is -0.299 e. The third-order valence-corrected chi connectivity index (χ3v) is 6.56. The van der Waals surface area contributed by atoms with Gasteiger partial charge in [0, 0.05) is 36.9 Å². The molecule has 2 atom stereocenters. The van der Waals surface area contributed by atoms with Crippen LogP contribution in [0.5, 0.6) is 0 Å². The molecule has 2 heterocycles. The molecule has 2 aliphatic rings. The molecule has 6 heteroatoms. The number of benzene rings is 1. The van der Waals surface area contributed by atoms with Crippen molar-refractivity contribution in [1.29, 1.82) is 0 Å². The number of nitrogens with zero attached hydrogens (tertiary/aromatic N) is 2. The Labute approximate surface area is 161 Å². The van der Waals surface area contributed by atoms with E-state index in [1.165, 1.54) is 11.8 Å². The van der Waals surface area contributed by atoms with Crippen molar-refractivity contribution in [2.24, 2.45) is 11.8 Å². The molecule has 2 fully saturated rings. The summed E-state index contributed by atoms with van der Waals surface area (Å²) in [7, 11) is -3.25. The van der Waals surface area contributed by atoms with Crippen molar-refractivity contribution in [3.05, 3.63) is 66.0 Å². The Hall–Kier alpha value is -2.18. The molecule has 0 amide bonds. The van der Waals surface area contributed by atoms with Crippen molar-refractivity contribution >= 4 is 21.8 Å². The third kappa shape index (κ3) is 3.77. The Morgan fingerprint density at radius 3 is 2.67 bits per heavy atom. The first-order valence-electron chi connectivity index (χ1n) is 9.24. The first-order chi connectivity index (χ1) is 12.9. The minimum absolute atomic E-state index is 0.149. The molecule has 1 aliphatic carbocycles. The van der Waals surface area contributed by atoms with E-state index in [2.05, 4.69) is 39.7 Å². The Balaban J connectivity index is 1.37. The van der Waals surface area contributed by atoms with E-state index in [-0.39, 0.29) is 5.41 Å². The number of anilines is 1. The summed E-state index contributed by atoms with van der Waals surface area (Å²) in [5.74, 6) is 1.27. The van der Waals surface area contributed by atoms with Crippen LogP contribution in [0.15, 0.2) is 54.7 Å². The van der Waals surface area contributed by atoms with E-state index < -0.39 is 10.0 Å². The summed E-state index contributed by atoms with van der Waals surface area (Å²) in [5, 5.41) is 0. The summed E-state index contributed by atoms with van der Waals surface area (Å²) in [4.78, 5) is 6.79. The lowest BCUT2D eigenvalue weighted by Gasteiger charge is -2.23. The first kappa shape index (κ1) is 18.2. The minimum atomic E-state index is -3.25. The van der Waals surface area contributed by atoms with Gasteiger partial charge in [-0.25, -0.2) is 8.42 Å². The highest BCUT2D eigenvalue weighted by molar-refractivity contribution is 7.92. The molecule has 4 rings (SSSR count). The number of nitrogens with one attached hydrogen (secondary N) is 1. The van der Waals surface area contributed by atoms with Crippen molar-refractivity contribution in [3.63, 3.8) is 0 Å². The number of pyridine rings is 1. The summed E-state index contributed by atoms with van der Waals surface area (Å²) in [5.41, 5.74) is 3.02. The predicted octanol–water partition coefficient (Wildman–Crippen LogP) is 2.99. The number of fused-ring (bicyclic) bond motifs is 1. The van der Waals surface area contributed by atoms with Crippen LogP contribution >= 0.6 is 0 Å². The number of likely N-dealkylation sites (tertiary alicyclic amines) is 1. The van der Waals surface area contributed by atoms with Crippen LogP contribution in [0.1, 0.15) is 18.2 Å². The maximum absolute atomic E-state index is 11.5. The van der Waals surface area contributed by atoms with Gasteiger partial charge < -0.3 is 0 Å². The van der Waals surface area contributed by atoms with Crippen LogP contribution in [-0.2, 0) is 15.4 Å². The Bertz CT molecular complexity index is 944. The van der Waals surface area contributed by atoms with E-state index in [0.717, 1.165) is 25.3 Å². The van der Waals surface area contributed by atoms with E-state index in [1.54, 1.807) is 6.07 Å². The molecule has 27 heavy (non-hydrogen) atoms. The molecule has 2 unspecified atom stereocenters. The molecule has 0 spiro atoms. The standard InChI is InChI=1S/C21H25N3O2S/c1-21(16-7-5-9-18(13-16)23-27(2,25)26)19-14-24(15-20(19)21)12-6-10-17-8-3-4-11-22-17/h3-11,13,19-20,23H,12,14-15H2,1-2H3. The zero-order chi connectivity index (χ0) is 19.1. The van der Waals surface area contributed by atoms with Crippen LogP contribution in [0, 0.1) is 11.8 Å². The fourth-order valence-electron chi connectivity index (χ4n) is 4.47. The molecule has 1 aliphatic heterocycles.